The number of rotatable bonds is 5. The second-order valence-corrected chi connectivity index (χ2v) is 8.56. The van der Waals surface area contributed by atoms with Crippen molar-refractivity contribution >= 4 is 35.7 Å². The molecule has 0 bridgehead atoms. The number of para-hydroxylation sites is 1. The summed E-state index contributed by atoms with van der Waals surface area (Å²) in [5.74, 6) is 0. The zero-order chi connectivity index (χ0) is 17.7. The first-order valence-electron chi connectivity index (χ1n) is 10.5. The summed E-state index contributed by atoms with van der Waals surface area (Å²) in [5.41, 5.74) is 5.23. The number of hydrogen-bond acceptors (Lipinski definition) is 2. The largest absolute Gasteiger partial charge is 0.338 e. The second kappa shape index (κ2) is 8.39. The zero-order valence-corrected chi connectivity index (χ0v) is 18.5. The molecule has 2 aromatic rings. The van der Waals surface area contributed by atoms with Gasteiger partial charge in [0.25, 0.3) is 0 Å². The Morgan fingerprint density at radius 2 is 2.07 bits per heavy atom. The molecule has 0 spiro atoms. The molecule has 0 amide bonds. The van der Waals surface area contributed by atoms with Crippen LogP contribution in [0, 0.1) is 5.41 Å². The fraction of sp³-hybridized carbons (Fsp3) is 0.565. The summed E-state index contributed by atoms with van der Waals surface area (Å²) < 4.78 is 2.73. The maximum Gasteiger partial charge on any atom is 0.0561 e. The Hall–Kier alpha value is -1.000. The maximum atomic E-state index is 3.88. The van der Waals surface area contributed by atoms with Crippen molar-refractivity contribution in [2.24, 2.45) is 5.41 Å². The lowest BCUT2D eigenvalue weighted by Crippen LogP contribution is -2.53. The Morgan fingerprint density at radius 1 is 1.25 bits per heavy atom. The summed E-state index contributed by atoms with van der Waals surface area (Å²) in [6.45, 7) is 10.8. The van der Waals surface area contributed by atoms with Crippen molar-refractivity contribution in [1.82, 2.24) is 14.8 Å². The number of nitrogens with zero attached hydrogens (tertiary/aromatic N) is 2. The van der Waals surface area contributed by atoms with Gasteiger partial charge in [-0.05, 0) is 55.7 Å². The summed E-state index contributed by atoms with van der Waals surface area (Å²) in [6.07, 6.45) is 8.56. The lowest BCUT2D eigenvalue weighted by atomic mass is 9.63. The lowest BCUT2D eigenvalue weighted by molar-refractivity contribution is -0.0354. The summed E-state index contributed by atoms with van der Waals surface area (Å²) in [4.78, 5) is 2.82. The number of fused-ring (bicyclic) bond motifs is 3. The third-order valence-corrected chi connectivity index (χ3v) is 7.41. The van der Waals surface area contributed by atoms with Crippen LogP contribution in [-0.4, -0.2) is 35.6 Å². The molecule has 4 heterocycles. The summed E-state index contributed by atoms with van der Waals surface area (Å²) >= 11 is 0. The Labute approximate surface area is 181 Å². The van der Waals surface area contributed by atoms with Gasteiger partial charge in [0.2, 0.25) is 0 Å². The van der Waals surface area contributed by atoms with Crippen LogP contribution in [0.1, 0.15) is 55.9 Å². The van der Waals surface area contributed by atoms with E-state index in [1.54, 1.807) is 11.3 Å². The first kappa shape index (κ1) is 21.7. The van der Waals surface area contributed by atoms with Crippen molar-refractivity contribution in [3.8, 4) is 0 Å². The van der Waals surface area contributed by atoms with Gasteiger partial charge in [-0.2, -0.15) is 0 Å². The van der Waals surface area contributed by atoms with E-state index in [2.05, 4.69) is 52.6 Å². The van der Waals surface area contributed by atoms with Crippen LogP contribution in [0.15, 0.2) is 36.9 Å². The van der Waals surface area contributed by atoms with Crippen molar-refractivity contribution in [3.63, 3.8) is 0 Å². The molecule has 3 atom stereocenters. The third kappa shape index (κ3) is 3.02. The quantitative estimate of drug-likeness (QED) is 0.522. The molecule has 1 saturated heterocycles. The van der Waals surface area contributed by atoms with E-state index < -0.39 is 0 Å². The molecule has 5 heteroatoms. The van der Waals surface area contributed by atoms with E-state index in [0.29, 0.717) is 17.5 Å². The van der Waals surface area contributed by atoms with Gasteiger partial charge in [-0.1, -0.05) is 31.2 Å². The van der Waals surface area contributed by atoms with Crippen LogP contribution in [0.2, 0.25) is 0 Å². The van der Waals surface area contributed by atoms with Gasteiger partial charge >= 0.3 is 0 Å². The highest BCUT2D eigenvalue weighted by molar-refractivity contribution is 5.86. The fourth-order valence-electron chi connectivity index (χ4n) is 6.36. The lowest BCUT2D eigenvalue weighted by Gasteiger charge is -2.57. The van der Waals surface area contributed by atoms with Gasteiger partial charge in [-0.15, -0.1) is 31.4 Å². The Kier molecular flexibility index (Phi) is 6.51. The highest BCUT2D eigenvalue weighted by Gasteiger charge is 2.52. The molecule has 1 fully saturated rings. The first-order chi connectivity index (χ1) is 12.8. The van der Waals surface area contributed by atoms with Gasteiger partial charge < -0.3 is 9.88 Å². The Morgan fingerprint density at radius 3 is 2.86 bits per heavy atom. The molecule has 0 radical (unpaired) electrons. The fourth-order valence-corrected chi connectivity index (χ4v) is 6.36. The van der Waals surface area contributed by atoms with E-state index >= 15 is 0 Å². The minimum atomic E-state index is 0. The van der Waals surface area contributed by atoms with Crippen molar-refractivity contribution in [1.29, 1.82) is 0 Å². The minimum Gasteiger partial charge on any atom is -0.338 e. The average molecular weight is 422 g/mol. The van der Waals surface area contributed by atoms with Crippen LogP contribution in [0.4, 0.5) is 0 Å². The topological polar surface area (TPSA) is 20.2 Å². The standard InChI is InChI=1S/C23H31N3.2ClH/c1-3-12-24-16-17-15-23(4-2)11-7-13-25-14-10-19-18-8-5-6-9-20(18)26(17)21(19)22(23)25;;/h3,5-6,8-9,17,22,24H,1,4,7,10-16H2,2H3;2*1H/t17?,22-,23+;;/m1../s1. The van der Waals surface area contributed by atoms with Crippen molar-refractivity contribution < 1.29 is 0 Å². The van der Waals surface area contributed by atoms with E-state index in [4.69, 9.17) is 0 Å². The zero-order valence-electron chi connectivity index (χ0n) is 16.8. The molecule has 3 aliphatic heterocycles. The molecule has 1 unspecified atom stereocenters. The van der Waals surface area contributed by atoms with E-state index in [0.717, 1.165) is 13.1 Å². The van der Waals surface area contributed by atoms with Crippen molar-refractivity contribution in [2.75, 3.05) is 26.2 Å². The van der Waals surface area contributed by atoms with Crippen LogP contribution in [0.25, 0.3) is 10.9 Å². The van der Waals surface area contributed by atoms with Crippen molar-refractivity contribution in [2.45, 2.75) is 51.1 Å². The summed E-state index contributed by atoms with van der Waals surface area (Å²) in [6, 6.07) is 10.3. The van der Waals surface area contributed by atoms with Crippen LogP contribution in [0.5, 0.6) is 0 Å². The van der Waals surface area contributed by atoms with Crippen LogP contribution in [0.3, 0.4) is 0 Å². The molecule has 5 rings (SSSR count). The number of aromatic nitrogens is 1. The molecule has 28 heavy (non-hydrogen) atoms. The monoisotopic (exact) mass is 421 g/mol. The minimum absolute atomic E-state index is 0. The van der Waals surface area contributed by atoms with Gasteiger partial charge in [0.05, 0.1) is 6.04 Å². The molecule has 1 N–H and O–H groups in total. The van der Waals surface area contributed by atoms with E-state index in [9.17, 15) is 0 Å². The number of hydrogen-bond donors (Lipinski definition) is 1. The molecule has 3 nitrogen and oxygen atoms in total. The molecule has 154 valence electrons. The number of halogens is 2. The molecule has 0 saturated carbocycles. The first-order valence-corrected chi connectivity index (χ1v) is 10.5. The van der Waals surface area contributed by atoms with Crippen molar-refractivity contribution in [3.05, 3.63) is 48.2 Å². The third-order valence-electron chi connectivity index (χ3n) is 7.41. The average Bonchev–Trinajstić information content (AvgIpc) is 3.02. The second-order valence-electron chi connectivity index (χ2n) is 8.56. The van der Waals surface area contributed by atoms with E-state index in [1.807, 2.05) is 6.08 Å². The van der Waals surface area contributed by atoms with Crippen LogP contribution in [-0.2, 0) is 6.42 Å². The molecule has 3 aliphatic rings. The molecule has 1 aromatic heterocycles. The summed E-state index contributed by atoms with van der Waals surface area (Å²) in [5, 5.41) is 5.14. The van der Waals surface area contributed by atoms with Gasteiger partial charge in [0, 0.05) is 42.3 Å². The maximum absolute atomic E-state index is 3.88. The number of piperidine rings is 1. The van der Waals surface area contributed by atoms with Crippen LogP contribution < -0.4 is 5.32 Å². The number of nitrogens with one attached hydrogen (secondary N) is 1. The van der Waals surface area contributed by atoms with Gasteiger partial charge in [-0.25, -0.2) is 0 Å². The predicted octanol–water partition coefficient (Wildman–Crippen LogP) is 5.29. The molecule has 1 aromatic carbocycles. The molecule has 0 aliphatic carbocycles. The van der Waals surface area contributed by atoms with Gasteiger partial charge in [-0.3, -0.25) is 4.90 Å². The Bertz CT molecular complexity index is 846. The summed E-state index contributed by atoms with van der Waals surface area (Å²) in [7, 11) is 0. The number of benzene rings is 1. The molecular weight excluding hydrogens is 389 g/mol. The smallest absolute Gasteiger partial charge is 0.0561 e. The van der Waals surface area contributed by atoms with Gasteiger partial charge in [0.1, 0.15) is 0 Å². The highest BCUT2D eigenvalue weighted by atomic mass is 35.5. The molecular formula is C23H33Cl2N3. The van der Waals surface area contributed by atoms with E-state index in [-0.39, 0.29) is 24.8 Å². The predicted molar refractivity (Wildman–Crippen MR) is 123 cm³/mol. The SMILES string of the molecule is C=CCNCC1C[C@]2(CC)CCCN3CCc4c(n1c1ccccc41)[C@@H]32.Cl.Cl. The highest BCUT2D eigenvalue weighted by Crippen LogP contribution is 2.59. The normalized spacial score (nSPS) is 28.2. The Balaban J connectivity index is 0.00000112. The van der Waals surface area contributed by atoms with Gasteiger partial charge in [0.15, 0.2) is 0 Å². The van der Waals surface area contributed by atoms with Crippen LogP contribution >= 0.6 is 24.8 Å². The van der Waals surface area contributed by atoms with E-state index in [1.165, 1.54) is 56.1 Å².